The van der Waals surface area contributed by atoms with E-state index in [1.165, 1.54) is 18.4 Å². The molecule has 0 bridgehead atoms. The van der Waals surface area contributed by atoms with Crippen LogP contribution in [0.1, 0.15) is 24.8 Å². The Morgan fingerprint density at radius 1 is 1.44 bits per heavy atom. The van der Waals surface area contributed by atoms with E-state index in [2.05, 4.69) is 17.6 Å². The molecule has 0 aromatic heterocycles. The van der Waals surface area contributed by atoms with Crippen molar-refractivity contribution in [3.05, 3.63) is 28.8 Å². The van der Waals surface area contributed by atoms with Crippen molar-refractivity contribution in [1.82, 2.24) is 5.32 Å². The Balaban J connectivity index is 1.79. The minimum atomic E-state index is 0.717. The fourth-order valence-electron chi connectivity index (χ4n) is 1.71. The maximum absolute atomic E-state index is 6.22. The Kier molecular flexibility index (Phi) is 5.67. The predicted molar refractivity (Wildman–Crippen MR) is 79.8 cm³/mol. The van der Waals surface area contributed by atoms with Crippen molar-refractivity contribution in [2.24, 2.45) is 0 Å². The minimum Gasteiger partial charge on any atom is -0.492 e. The van der Waals surface area contributed by atoms with Crippen molar-refractivity contribution in [2.45, 2.75) is 31.8 Å². The second kappa shape index (κ2) is 7.27. The molecule has 0 amide bonds. The number of nitrogens with one attached hydrogen (secondary N) is 1. The quantitative estimate of drug-likeness (QED) is 0.736. The van der Waals surface area contributed by atoms with Crippen LogP contribution >= 0.6 is 23.4 Å². The fraction of sp³-hybridized carbons (Fsp3) is 0.571. The molecule has 100 valence electrons. The highest BCUT2D eigenvalue weighted by Crippen LogP contribution is 2.26. The molecule has 0 atom stereocenters. The summed E-state index contributed by atoms with van der Waals surface area (Å²) in [5.74, 6) is 1.93. The van der Waals surface area contributed by atoms with Crippen molar-refractivity contribution in [3.63, 3.8) is 0 Å². The summed E-state index contributed by atoms with van der Waals surface area (Å²) >= 11 is 8.05. The van der Waals surface area contributed by atoms with Gasteiger partial charge in [0.05, 0.1) is 11.6 Å². The Labute approximate surface area is 118 Å². The van der Waals surface area contributed by atoms with Gasteiger partial charge in [-0.15, -0.1) is 0 Å². The number of thioether (sulfide) groups is 1. The molecule has 0 radical (unpaired) electrons. The van der Waals surface area contributed by atoms with Gasteiger partial charge >= 0.3 is 0 Å². The van der Waals surface area contributed by atoms with Gasteiger partial charge in [-0.25, -0.2) is 0 Å². The van der Waals surface area contributed by atoms with E-state index in [4.69, 9.17) is 16.3 Å². The summed E-state index contributed by atoms with van der Waals surface area (Å²) in [4.78, 5) is 0. The van der Waals surface area contributed by atoms with Crippen LogP contribution in [0.15, 0.2) is 18.2 Å². The Hall–Kier alpha value is -0.380. The van der Waals surface area contributed by atoms with Crippen molar-refractivity contribution in [2.75, 3.05) is 18.6 Å². The van der Waals surface area contributed by atoms with Crippen LogP contribution in [-0.4, -0.2) is 24.7 Å². The SMILES string of the molecule is CSCCCOc1ccc(CNC2CC2)cc1Cl. The van der Waals surface area contributed by atoms with Gasteiger partial charge in [-0.1, -0.05) is 17.7 Å². The molecule has 1 aliphatic rings. The van der Waals surface area contributed by atoms with E-state index in [1.54, 1.807) is 0 Å². The molecule has 1 aromatic rings. The van der Waals surface area contributed by atoms with Gasteiger partial charge < -0.3 is 10.1 Å². The van der Waals surface area contributed by atoms with Crippen LogP contribution < -0.4 is 10.1 Å². The topological polar surface area (TPSA) is 21.3 Å². The van der Waals surface area contributed by atoms with Gasteiger partial charge in [0.1, 0.15) is 5.75 Å². The highest BCUT2D eigenvalue weighted by molar-refractivity contribution is 7.98. The summed E-state index contributed by atoms with van der Waals surface area (Å²) in [7, 11) is 0. The fourth-order valence-corrected chi connectivity index (χ4v) is 2.37. The molecule has 0 spiro atoms. The van der Waals surface area contributed by atoms with Crippen LogP contribution in [-0.2, 0) is 6.54 Å². The zero-order valence-corrected chi connectivity index (χ0v) is 12.3. The highest BCUT2D eigenvalue weighted by atomic mass is 35.5. The number of halogens is 1. The second-order valence-electron chi connectivity index (χ2n) is 4.61. The van der Waals surface area contributed by atoms with Gasteiger partial charge in [0.25, 0.3) is 0 Å². The third kappa shape index (κ3) is 4.71. The molecule has 2 rings (SSSR count). The molecular formula is C14H20ClNOS. The average molecular weight is 286 g/mol. The van der Waals surface area contributed by atoms with E-state index < -0.39 is 0 Å². The zero-order valence-electron chi connectivity index (χ0n) is 10.7. The summed E-state index contributed by atoms with van der Waals surface area (Å²) in [5, 5.41) is 4.19. The minimum absolute atomic E-state index is 0.717. The van der Waals surface area contributed by atoms with Crippen LogP contribution in [0.2, 0.25) is 5.02 Å². The number of rotatable bonds is 8. The molecular weight excluding hydrogens is 266 g/mol. The van der Waals surface area contributed by atoms with E-state index >= 15 is 0 Å². The monoisotopic (exact) mass is 285 g/mol. The lowest BCUT2D eigenvalue weighted by Crippen LogP contribution is -2.15. The first-order valence-electron chi connectivity index (χ1n) is 6.43. The molecule has 1 saturated carbocycles. The lowest BCUT2D eigenvalue weighted by Gasteiger charge is -2.09. The molecule has 4 heteroatoms. The third-order valence-corrected chi connectivity index (χ3v) is 3.91. The van der Waals surface area contributed by atoms with Crippen LogP contribution in [0.4, 0.5) is 0 Å². The van der Waals surface area contributed by atoms with Crippen LogP contribution in [0.25, 0.3) is 0 Å². The summed E-state index contributed by atoms with van der Waals surface area (Å²) in [6.45, 7) is 1.64. The first kappa shape index (κ1) is 14.0. The van der Waals surface area contributed by atoms with Crippen LogP contribution in [0.5, 0.6) is 5.75 Å². The summed E-state index contributed by atoms with van der Waals surface area (Å²) in [6.07, 6.45) is 5.78. The summed E-state index contributed by atoms with van der Waals surface area (Å²) in [6, 6.07) is 6.79. The molecule has 1 N–H and O–H groups in total. The lowest BCUT2D eigenvalue weighted by atomic mass is 10.2. The molecule has 1 fully saturated rings. The van der Waals surface area contributed by atoms with E-state index in [1.807, 2.05) is 23.9 Å². The standard InChI is InChI=1S/C14H20ClNOS/c1-18-8-2-7-17-14-6-3-11(9-13(14)15)10-16-12-4-5-12/h3,6,9,12,16H,2,4-5,7-8,10H2,1H3. The number of hydrogen-bond donors (Lipinski definition) is 1. The number of hydrogen-bond acceptors (Lipinski definition) is 3. The first-order chi connectivity index (χ1) is 8.79. The van der Waals surface area contributed by atoms with Crippen molar-refractivity contribution >= 4 is 23.4 Å². The first-order valence-corrected chi connectivity index (χ1v) is 8.20. The maximum Gasteiger partial charge on any atom is 0.137 e. The van der Waals surface area contributed by atoms with Gasteiger partial charge in [-0.3, -0.25) is 0 Å². The molecule has 0 heterocycles. The largest absolute Gasteiger partial charge is 0.492 e. The molecule has 2 nitrogen and oxygen atoms in total. The molecule has 1 aromatic carbocycles. The van der Waals surface area contributed by atoms with Gasteiger partial charge in [0.2, 0.25) is 0 Å². The third-order valence-electron chi connectivity index (χ3n) is 2.92. The molecule has 0 aliphatic heterocycles. The number of ether oxygens (including phenoxy) is 1. The van der Waals surface area contributed by atoms with Gasteiger partial charge in [0.15, 0.2) is 0 Å². The lowest BCUT2D eigenvalue weighted by molar-refractivity contribution is 0.319. The van der Waals surface area contributed by atoms with Crippen molar-refractivity contribution in [3.8, 4) is 5.75 Å². The molecule has 1 aliphatic carbocycles. The van der Waals surface area contributed by atoms with Crippen LogP contribution in [0.3, 0.4) is 0 Å². The van der Waals surface area contributed by atoms with E-state index in [9.17, 15) is 0 Å². The predicted octanol–water partition coefficient (Wildman–Crippen LogP) is 3.72. The Bertz CT molecular complexity index is 382. The maximum atomic E-state index is 6.22. The highest BCUT2D eigenvalue weighted by Gasteiger charge is 2.19. The van der Waals surface area contributed by atoms with Gasteiger partial charge in [-0.2, -0.15) is 11.8 Å². The van der Waals surface area contributed by atoms with Crippen molar-refractivity contribution in [1.29, 1.82) is 0 Å². The molecule has 0 unspecified atom stereocenters. The Morgan fingerprint density at radius 3 is 2.94 bits per heavy atom. The molecule has 0 saturated heterocycles. The van der Waals surface area contributed by atoms with E-state index in [0.29, 0.717) is 5.02 Å². The van der Waals surface area contributed by atoms with Crippen LogP contribution in [0, 0.1) is 0 Å². The second-order valence-corrected chi connectivity index (χ2v) is 6.01. The van der Waals surface area contributed by atoms with Gasteiger partial charge in [-0.05, 0) is 49.0 Å². The molecule has 18 heavy (non-hydrogen) atoms. The average Bonchev–Trinajstić information content (AvgIpc) is 3.18. The van der Waals surface area contributed by atoms with E-state index in [-0.39, 0.29) is 0 Å². The zero-order chi connectivity index (χ0) is 12.8. The number of benzene rings is 1. The Morgan fingerprint density at radius 2 is 2.28 bits per heavy atom. The summed E-state index contributed by atoms with van der Waals surface area (Å²) in [5.41, 5.74) is 1.23. The van der Waals surface area contributed by atoms with Gasteiger partial charge in [0, 0.05) is 12.6 Å². The summed E-state index contributed by atoms with van der Waals surface area (Å²) < 4.78 is 5.67. The van der Waals surface area contributed by atoms with Crippen molar-refractivity contribution < 1.29 is 4.74 Å². The smallest absolute Gasteiger partial charge is 0.137 e. The normalized spacial score (nSPS) is 14.8. The van der Waals surface area contributed by atoms with E-state index in [0.717, 1.165) is 37.1 Å².